The summed E-state index contributed by atoms with van der Waals surface area (Å²) in [5.74, 6) is 0. The van der Waals surface area contributed by atoms with Crippen molar-refractivity contribution >= 4 is 40.2 Å². The Hall–Kier alpha value is -3.26. The zero-order chi connectivity index (χ0) is 21.8. The summed E-state index contributed by atoms with van der Waals surface area (Å²) in [7, 11) is 0. The number of anilines is 3. The highest BCUT2D eigenvalue weighted by Gasteiger charge is 2.52. The van der Waals surface area contributed by atoms with Gasteiger partial charge in [-0.1, -0.05) is 93.8 Å². The predicted octanol–water partition coefficient (Wildman–Crippen LogP) is 5.26. The van der Waals surface area contributed by atoms with Gasteiger partial charge in [0, 0.05) is 27.9 Å². The summed E-state index contributed by atoms with van der Waals surface area (Å²) >= 11 is 0. The fraction of sp³-hybridized carbons (Fsp3) is 0.200. The van der Waals surface area contributed by atoms with Crippen molar-refractivity contribution in [1.29, 1.82) is 0 Å². The Morgan fingerprint density at radius 2 is 0.938 bits per heavy atom. The second-order valence-electron chi connectivity index (χ2n) is 10.6. The zero-order valence-electron chi connectivity index (χ0n) is 19.1. The molecule has 3 heterocycles. The van der Waals surface area contributed by atoms with Gasteiger partial charge in [0.05, 0.1) is 0 Å². The van der Waals surface area contributed by atoms with Crippen molar-refractivity contribution in [2.24, 2.45) is 0 Å². The molecule has 2 heteroatoms. The van der Waals surface area contributed by atoms with Crippen molar-refractivity contribution in [3.05, 3.63) is 107 Å². The van der Waals surface area contributed by atoms with E-state index in [1.54, 1.807) is 5.46 Å². The molecule has 0 fully saturated rings. The smallest absolute Gasteiger partial charge is 0.248 e. The molecule has 0 bridgehead atoms. The Morgan fingerprint density at radius 3 is 1.44 bits per heavy atom. The minimum atomic E-state index is -0.0323. The van der Waals surface area contributed by atoms with E-state index in [0.717, 1.165) is 0 Å². The number of rotatable bonds is 1. The van der Waals surface area contributed by atoms with E-state index in [1.165, 1.54) is 50.2 Å². The van der Waals surface area contributed by atoms with Crippen molar-refractivity contribution in [2.45, 2.75) is 38.5 Å². The maximum atomic E-state index is 2.50. The second kappa shape index (κ2) is 5.75. The van der Waals surface area contributed by atoms with Gasteiger partial charge in [-0.15, -0.1) is 0 Å². The van der Waals surface area contributed by atoms with E-state index in [0.29, 0.717) is 6.71 Å². The van der Waals surface area contributed by atoms with Crippen molar-refractivity contribution < 1.29 is 0 Å². The minimum absolute atomic E-state index is 0.0323. The van der Waals surface area contributed by atoms with Gasteiger partial charge in [-0.05, 0) is 57.4 Å². The molecule has 0 N–H and O–H groups in total. The molecule has 7 rings (SSSR count). The molecule has 0 atom stereocenters. The number of hydrogen-bond donors (Lipinski definition) is 0. The Bertz CT molecular complexity index is 1350. The molecule has 32 heavy (non-hydrogen) atoms. The molecule has 4 aromatic carbocycles. The van der Waals surface area contributed by atoms with Crippen molar-refractivity contribution in [3.63, 3.8) is 0 Å². The third-order valence-corrected chi connectivity index (χ3v) is 8.33. The van der Waals surface area contributed by atoms with Crippen LogP contribution in [0.15, 0.2) is 84.9 Å². The minimum Gasteiger partial charge on any atom is -0.312 e. The summed E-state index contributed by atoms with van der Waals surface area (Å²) in [5.41, 5.74) is 14.3. The SMILES string of the molecule is CC1(C)c2cccc3c2B2c4c(cccc4C(C)(C)c4cccc1c42)N3c1ccccc1. The Kier molecular flexibility index (Phi) is 3.29. The second-order valence-corrected chi connectivity index (χ2v) is 10.6. The molecule has 0 aromatic heterocycles. The maximum absolute atomic E-state index is 2.50. The molecule has 0 saturated heterocycles. The third kappa shape index (κ3) is 1.97. The molecule has 0 amide bonds. The molecule has 0 radical (unpaired) electrons. The average Bonchev–Trinajstić information content (AvgIpc) is 2.80. The lowest BCUT2D eigenvalue weighted by Gasteiger charge is -2.51. The fourth-order valence-corrected chi connectivity index (χ4v) is 6.87. The summed E-state index contributed by atoms with van der Waals surface area (Å²) in [4.78, 5) is 2.50. The molecule has 0 unspecified atom stereocenters. The first-order valence-electron chi connectivity index (χ1n) is 11.7. The van der Waals surface area contributed by atoms with Gasteiger partial charge in [-0.2, -0.15) is 0 Å². The van der Waals surface area contributed by atoms with Crippen LogP contribution in [0.1, 0.15) is 49.9 Å². The van der Waals surface area contributed by atoms with E-state index in [-0.39, 0.29) is 10.8 Å². The van der Waals surface area contributed by atoms with Crippen molar-refractivity contribution in [2.75, 3.05) is 4.90 Å². The number of hydrogen-bond acceptors (Lipinski definition) is 1. The first-order valence-corrected chi connectivity index (χ1v) is 11.7. The van der Waals surface area contributed by atoms with E-state index >= 15 is 0 Å². The van der Waals surface area contributed by atoms with Crippen LogP contribution in [0, 0.1) is 0 Å². The summed E-state index contributed by atoms with van der Waals surface area (Å²) in [6.07, 6.45) is 0. The largest absolute Gasteiger partial charge is 0.312 e. The first-order chi connectivity index (χ1) is 15.4. The average molecular weight is 411 g/mol. The van der Waals surface area contributed by atoms with Crippen LogP contribution in [0.5, 0.6) is 0 Å². The first kappa shape index (κ1) is 18.3. The van der Waals surface area contributed by atoms with Gasteiger partial charge in [0.25, 0.3) is 0 Å². The van der Waals surface area contributed by atoms with Crippen LogP contribution < -0.4 is 21.3 Å². The molecule has 3 aliphatic heterocycles. The van der Waals surface area contributed by atoms with Gasteiger partial charge in [-0.25, -0.2) is 0 Å². The number of benzene rings is 4. The van der Waals surface area contributed by atoms with Gasteiger partial charge >= 0.3 is 0 Å². The van der Waals surface area contributed by atoms with Crippen LogP contribution in [-0.2, 0) is 10.8 Å². The third-order valence-electron chi connectivity index (χ3n) is 8.33. The molecule has 4 aromatic rings. The van der Waals surface area contributed by atoms with Crippen LogP contribution in [0.3, 0.4) is 0 Å². The van der Waals surface area contributed by atoms with Gasteiger partial charge in [0.1, 0.15) is 0 Å². The molecule has 0 spiro atoms. The Morgan fingerprint density at radius 1 is 0.500 bits per heavy atom. The normalized spacial score (nSPS) is 17.8. The molecule has 0 saturated carbocycles. The van der Waals surface area contributed by atoms with Crippen LogP contribution in [0.25, 0.3) is 0 Å². The highest BCUT2D eigenvalue weighted by Crippen LogP contribution is 2.47. The molecule has 3 aliphatic rings. The summed E-state index contributed by atoms with van der Waals surface area (Å²) in [6, 6.07) is 31.8. The van der Waals surface area contributed by atoms with Gasteiger partial charge < -0.3 is 4.90 Å². The van der Waals surface area contributed by atoms with E-state index in [2.05, 4.69) is 118 Å². The molecule has 1 nitrogen and oxygen atoms in total. The Labute approximate surface area is 190 Å². The van der Waals surface area contributed by atoms with Crippen molar-refractivity contribution in [1.82, 2.24) is 0 Å². The highest BCUT2D eigenvalue weighted by atomic mass is 15.2. The fourth-order valence-electron chi connectivity index (χ4n) is 6.87. The lowest BCUT2D eigenvalue weighted by Crippen LogP contribution is -2.69. The molecular weight excluding hydrogens is 385 g/mol. The van der Waals surface area contributed by atoms with Gasteiger partial charge in [0.15, 0.2) is 0 Å². The Balaban J connectivity index is 1.69. The van der Waals surface area contributed by atoms with Crippen LogP contribution >= 0.6 is 0 Å². The topological polar surface area (TPSA) is 3.24 Å². The standard InChI is InChI=1S/C30H26BN/c1-29(2)20-13-8-14-21-26(20)31-27-22(29)15-9-17-24(27)32(19-11-6-5-7-12-19)25-18-10-16-23(28(25)31)30(21,3)4/h5-18H,1-4H3. The molecular formula is C30H26BN. The summed E-state index contributed by atoms with van der Waals surface area (Å²) < 4.78 is 0. The molecule has 154 valence electrons. The van der Waals surface area contributed by atoms with Crippen molar-refractivity contribution in [3.8, 4) is 0 Å². The van der Waals surface area contributed by atoms with E-state index in [4.69, 9.17) is 0 Å². The van der Waals surface area contributed by atoms with E-state index in [9.17, 15) is 0 Å². The maximum Gasteiger partial charge on any atom is 0.248 e. The lowest BCUT2D eigenvalue weighted by molar-refractivity contribution is 0.621. The molecule has 0 aliphatic carbocycles. The highest BCUT2D eigenvalue weighted by molar-refractivity contribution is 7.00. The summed E-state index contributed by atoms with van der Waals surface area (Å²) in [5, 5.41) is 0. The predicted molar refractivity (Wildman–Crippen MR) is 136 cm³/mol. The van der Waals surface area contributed by atoms with Gasteiger partial charge in [-0.3, -0.25) is 0 Å². The zero-order valence-corrected chi connectivity index (χ0v) is 19.1. The van der Waals surface area contributed by atoms with E-state index in [1.807, 2.05) is 0 Å². The summed E-state index contributed by atoms with van der Waals surface area (Å²) in [6.45, 7) is 9.93. The number of nitrogens with zero attached hydrogens (tertiary/aromatic N) is 1. The lowest BCUT2D eigenvalue weighted by atomic mass is 9.26. The van der Waals surface area contributed by atoms with E-state index < -0.39 is 0 Å². The van der Waals surface area contributed by atoms with Gasteiger partial charge in [0.2, 0.25) is 6.71 Å². The van der Waals surface area contributed by atoms with Crippen LogP contribution in [0.2, 0.25) is 0 Å². The van der Waals surface area contributed by atoms with Crippen LogP contribution in [-0.4, -0.2) is 6.71 Å². The van der Waals surface area contributed by atoms with Crippen LogP contribution in [0.4, 0.5) is 17.1 Å². The monoisotopic (exact) mass is 411 g/mol. The number of para-hydroxylation sites is 1. The quantitative estimate of drug-likeness (QED) is 0.340.